The van der Waals surface area contributed by atoms with Gasteiger partial charge in [0, 0.05) is 16.3 Å². The van der Waals surface area contributed by atoms with Crippen LogP contribution in [0.5, 0.6) is 0 Å². The van der Waals surface area contributed by atoms with Gasteiger partial charge in [-0.25, -0.2) is 4.79 Å². The van der Waals surface area contributed by atoms with Crippen LogP contribution in [-0.4, -0.2) is 22.9 Å². The predicted octanol–water partition coefficient (Wildman–Crippen LogP) is 5.73. The number of benzene rings is 2. The molecule has 1 atom stereocenters. The number of aromatic carboxylic acids is 1. The Labute approximate surface area is 170 Å². The Morgan fingerprint density at radius 1 is 1.07 bits per heavy atom. The lowest BCUT2D eigenvalue weighted by atomic mass is 10.00. The van der Waals surface area contributed by atoms with Gasteiger partial charge in [0.15, 0.2) is 0 Å². The van der Waals surface area contributed by atoms with E-state index in [1.165, 1.54) is 11.3 Å². The molecule has 0 aliphatic rings. The lowest BCUT2D eigenvalue weighted by Crippen LogP contribution is -2.23. The van der Waals surface area contributed by atoms with Crippen molar-refractivity contribution in [2.45, 2.75) is 5.92 Å². The summed E-state index contributed by atoms with van der Waals surface area (Å²) < 4.78 is 0. The topological polar surface area (TPSA) is 66.4 Å². The number of halogens is 2. The van der Waals surface area contributed by atoms with Crippen LogP contribution in [0.3, 0.4) is 0 Å². The average molecular weight is 420 g/mol. The summed E-state index contributed by atoms with van der Waals surface area (Å²) in [5.41, 5.74) is 1.81. The molecule has 1 heterocycles. The summed E-state index contributed by atoms with van der Waals surface area (Å²) in [6, 6.07) is 16.0. The number of hydrogen-bond donors (Lipinski definition) is 2. The number of carbonyl (C=O) groups excluding carboxylic acids is 1. The Morgan fingerprint density at radius 3 is 2.33 bits per heavy atom. The van der Waals surface area contributed by atoms with Crippen molar-refractivity contribution in [3.05, 3.63) is 76.1 Å². The van der Waals surface area contributed by atoms with Crippen LogP contribution in [0.25, 0.3) is 10.4 Å². The number of carboxylic acids is 1. The Balaban J connectivity index is 1.92. The molecular formula is C20H15Cl2NO3S. The molecule has 1 aromatic heterocycles. The van der Waals surface area contributed by atoms with Crippen molar-refractivity contribution in [3.63, 3.8) is 0 Å². The van der Waals surface area contributed by atoms with E-state index in [0.29, 0.717) is 9.90 Å². The Morgan fingerprint density at radius 2 is 1.74 bits per heavy atom. The van der Waals surface area contributed by atoms with E-state index in [2.05, 4.69) is 5.32 Å². The van der Waals surface area contributed by atoms with Crippen molar-refractivity contribution in [3.8, 4) is 10.4 Å². The Bertz CT molecular complexity index is 955. The van der Waals surface area contributed by atoms with E-state index in [0.717, 1.165) is 11.1 Å². The molecule has 0 radical (unpaired) electrons. The number of nitrogens with one attached hydrogen (secondary N) is 1. The molecule has 4 nitrogen and oxygen atoms in total. The first-order valence-electron chi connectivity index (χ1n) is 8.03. The quantitative estimate of drug-likeness (QED) is 0.501. The van der Waals surface area contributed by atoms with Gasteiger partial charge in [0.1, 0.15) is 5.56 Å². The van der Waals surface area contributed by atoms with Gasteiger partial charge in [-0.05, 0) is 23.3 Å². The molecule has 3 rings (SSSR count). The van der Waals surface area contributed by atoms with E-state index in [9.17, 15) is 14.7 Å². The zero-order chi connectivity index (χ0) is 19.4. The number of carbonyl (C=O) groups is 2. The average Bonchev–Trinajstić information content (AvgIpc) is 3.07. The molecule has 2 aromatic carbocycles. The van der Waals surface area contributed by atoms with E-state index in [4.69, 9.17) is 23.2 Å². The van der Waals surface area contributed by atoms with Crippen LogP contribution in [0, 0.1) is 0 Å². The highest BCUT2D eigenvalue weighted by molar-refractivity contribution is 7.14. The highest BCUT2D eigenvalue weighted by Crippen LogP contribution is 2.37. The molecule has 0 saturated heterocycles. The number of alkyl halides is 1. The maximum absolute atomic E-state index is 12.7. The van der Waals surface area contributed by atoms with Crippen LogP contribution in [0.15, 0.2) is 60.0 Å². The number of hydrogen-bond acceptors (Lipinski definition) is 3. The molecule has 0 aliphatic carbocycles. The molecule has 1 amide bonds. The SMILES string of the molecule is O=C(O)c1c(NC(=O)C(CCl)c2ccccc2)csc1-c1ccc(Cl)cc1. The van der Waals surface area contributed by atoms with Gasteiger partial charge in [-0.1, -0.05) is 54.1 Å². The van der Waals surface area contributed by atoms with Crippen molar-refractivity contribution in [1.29, 1.82) is 0 Å². The van der Waals surface area contributed by atoms with Crippen molar-refractivity contribution >= 4 is 52.1 Å². The summed E-state index contributed by atoms with van der Waals surface area (Å²) in [5.74, 6) is -1.95. The van der Waals surface area contributed by atoms with Gasteiger partial charge in [0.25, 0.3) is 0 Å². The van der Waals surface area contributed by atoms with Crippen molar-refractivity contribution in [1.82, 2.24) is 0 Å². The van der Waals surface area contributed by atoms with E-state index >= 15 is 0 Å². The fraction of sp³-hybridized carbons (Fsp3) is 0.100. The third-order valence-corrected chi connectivity index (χ3v) is 5.63. The Hall–Kier alpha value is -2.34. The standard InChI is InChI=1S/C20H15Cl2NO3S/c21-10-15(12-4-2-1-3-5-12)19(24)23-16-11-27-18(17(16)20(25)26)13-6-8-14(22)9-7-13/h1-9,11,15H,10H2,(H,23,24)(H,25,26). The van der Waals surface area contributed by atoms with Crippen LogP contribution in [0.2, 0.25) is 5.02 Å². The summed E-state index contributed by atoms with van der Waals surface area (Å²) >= 11 is 13.1. The summed E-state index contributed by atoms with van der Waals surface area (Å²) in [6.07, 6.45) is 0. The summed E-state index contributed by atoms with van der Waals surface area (Å²) in [7, 11) is 0. The van der Waals surface area contributed by atoms with Gasteiger partial charge in [0.2, 0.25) is 5.91 Å². The first-order valence-corrected chi connectivity index (χ1v) is 9.83. The smallest absolute Gasteiger partial charge is 0.339 e. The molecular weight excluding hydrogens is 405 g/mol. The molecule has 7 heteroatoms. The first kappa shape index (κ1) is 19.4. The van der Waals surface area contributed by atoms with E-state index in [-0.39, 0.29) is 23.0 Å². The number of thiophene rings is 1. The van der Waals surface area contributed by atoms with E-state index in [1.54, 1.807) is 29.6 Å². The van der Waals surface area contributed by atoms with Gasteiger partial charge in [-0.15, -0.1) is 22.9 Å². The molecule has 1 unspecified atom stereocenters. The summed E-state index contributed by atoms with van der Waals surface area (Å²) in [4.78, 5) is 25.1. The molecule has 0 bridgehead atoms. The lowest BCUT2D eigenvalue weighted by Gasteiger charge is -2.14. The molecule has 138 valence electrons. The number of anilines is 1. The normalized spacial score (nSPS) is 11.8. The van der Waals surface area contributed by atoms with E-state index in [1.807, 2.05) is 30.3 Å². The number of amides is 1. The second-order valence-electron chi connectivity index (χ2n) is 5.77. The minimum atomic E-state index is -1.11. The van der Waals surface area contributed by atoms with Gasteiger partial charge < -0.3 is 10.4 Å². The molecule has 0 fully saturated rings. The van der Waals surface area contributed by atoms with Crippen LogP contribution in [0.1, 0.15) is 21.8 Å². The molecule has 27 heavy (non-hydrogen) atoms. The minimum Gasteiger partial charge on any atom is -0.478 e. The predicted molar refractivity (Wildman–Crippen MR) is 110 cm³/mol. The Kier molecular flexibility index (Phi) is 6.16. The maximum Gasteiger partial charge on any atom is 0.339 e. The van der Waals surface area contributed by atoms with Crippen LogP contribution in [-0.2, 0) is 4.79 Å². The van der Waals surface area contributed by atoms with Gasteiger partial charge >= 0.3 is 5.97 Å². The molecule has 2 N–H and O–H groups in total. The van der Waals surface area contributed by atoms with Crippen molar-refractivity contribution in [2.75, 3.05) is 11.2 Å². The third kappa shape index (κ3) is 4.33. The minimum absolute atomic E-state index is 0.0528. The monoisotopic (exact) mass is 419 g/mol. The van der Waals surface area contributed by atoms with E-state index < -0.39 is 11.9 Å². The highest BCUT2D eigenvalue weighted by Gasteiger charge is 2.25. The number of rotatable bonds is 6. The highest BCUT2D eigenvalue weighted by atomic mass is 35.5. The van der Waals surface area contributed by atoms with Crippen molar-refractivity contribution < 1.29 is 14.7 Å². The largest absolute Gasteiger partial charge is 0.478 e. The van der Waals surface area contributed by atoms with Gasteiger partial charge in [0.05, 0.1) is 16.5 Å². The molecule has 0 saturated carbocycles. The second-order valence-corrected chi connectivity index (χ2v) is 7.40. The maximum atomic E-state index is 12.7. The van der Waals surface area contributed by atoms with Crippen molar-refractivity contribution in [2.24, 2.45) is 0 Å². The fourth-order valence-corrected chi connectivity index (χ4v) is 4.14. The molecule has 3 aromatic rings. The van der Waals surface area contributed by atoms with Gasteiger partial charge in [-0.3, -0.25) is 4.79 Å². The summed E-state index contributed by atoms with van der Waals surface area (Å²) in [5, 5.41) is 14.6. The third-order valence-electron chi connectivity index (χ3n) is 4.04. The van der Waals surface area contributed by atoms with Gasteiger partial charge in [-0.2, -0.15) is 0 Å². The molecule has 0 aliphatic heterocycles. The fourth-order valence-electron chi connectivity index (χ4n) is 2.69. The van der Waals surface area contributed by atoms with Crippen LogP contribution >= 0.6 is 34.5 Å². The number of carboxylic acid groups (broad SMARTS) is 1. The van der Waals surface area contributed by atoms with Crippen LogP contribution in [0.4, 0.5) is 5.69 Å². The van der Waals surface area contributed by atoms with Crippen LogP contribution < -0.4 is 5.32 Å². The second kappa shape index (κ2) is 8.57. The zero-order valence-electron chi connectivity index (χ0n) is 14.0. The molecule has 0 spiro atoms. The summed E-state index contributed by atoms with van der Waals surface area (Å²) in [6.45, 7) is 0. The lowest BCUT2D eigenvalue weighted by molar-refractivity contribution is -0.117. The first-order chi connectivity index (χ1) is 13.0. The zero-order valence-corrected chi connectivity index (χ0v) is 16.3.